The number of alkyl halides is 6. The second-order valence-electron chi connectivity index (χ2n) is 9.02. The third-order valence-electron chi connectivity index (χ3n) is 6.03. The van der Waals surface area contributed by atoms with Crippen LogP contribution in [0.25, 0.3) is 10.8 Å². The number of halogens is 7. The second-order valence-corrected chi connectivity index (χ2v) is 13.2. The molecule has 0 bridgehead atoms. The number of pyridine rings is 1. The molecule has 9 nitrogen and oxygen atoms in total. The van der Waals surface area contributed by atoms with Crippen LogP contribution < -0.4 is 8.61 Å². The molecule has 0 atom stereocenters. The van der Waals surface area contributed by atoms with Gasteiger partial charge in [0, 0.05) is 15.8 Å². The number of hydrogen-bond donors (Lipinski definition) is 1. The van der Waals surface area contributed by atoms with E-state index in [1.165, 1.54) is 30.3 Å². The highest BCUT2D eigenvalue weighted by Gasteiger charge is 2.40. The van der Waals surface area contributed by atoms with Crippen molar-refractivity contribution < 1.29 is 53.1 Å². The van der Waals surface area contributed by atoms with Gasteiger partial charge in [-0.1, -0.05) is 35.9 Å². The minimum absolute atomic E-state index is 0.121. The Labute approximate surface area is 251 Å². The van der Waals surface area contributed by atoms with E-state index in [0.717, 1.165) is 18.2 Å². The number of anilines is 2. The van der Waals surface area contributed by atoms with Gasteiger partial charge < -0.3 is 5.11 Å². The second kappa shape index (κ2) is 11.8. The molecule has 18 heteroatoms. The lowest BCUT2D eigenvalue weighted by atomic mass is 10.1. The van der Waals surface area contributed by atoms with E-state index in [-0.39, 0.29) is 20.1 Å². The van der Waals surface area contributed by atoms with Gasteiger partial charge in [-0.15, -0.1) is 0 Å². The van der Waals surface area contributed by atoms with Crippen LogP contribution in [0.1, 0.15) is 5.56 Å². The fourth-order valence-electron chi connectivity index (χ4n) is 4.10. The molecule has 3 aromatic carbocycles. The normalized spacial score (nSPS) is 12.7. The molecule has 0 aliphatic rings. The zero-order valence-electron chi connectivity index (χ0n) is 21.7. The molecule has 0 radical (unpaired) electrons. The summed E-state index contributed by atoms with van der Waals surface area (Å²) in [6, 6.07) is 11.4. The molecule has 0 aliphatic carbocycles. The average molecular weight is 682 g/mol. The van der Waals surface area contributed by atoms with Crippen LogP contribution in [0.3, 0.4) is 0 Å². The van der Waals surface area contributed by atoms with Crippen LogP contribution in [0.2, 0.25) is 5.02 Å². The number of hydrogen-bond acceptors (Lipinski definition) is 6. The van der Waals surface area contributed by atoms with Crippen molar-refractivity contribution in [1.29, 1.82) is 0 Å². The highest BCUT2D eigenvalue weighted by atomic mass is 35.5. The third-order valence-corrected chi connectivity index (χ3v) is 9.81. The van der Waals surface area contributed by atoms with E-state index in [4.69, 9.17) is 11.6 Å². The molecule has 0 spiro atoms. The van der Waals surface area contributed by atoms with Gasteiger partial charge in [-0.25, -0.2) is 26.1 Å². The number of carboxylic acids is 1. The maximum Gasteiger partial charge on any atom is 0.416 e. The first kappa shape index (κ1) is 32.8. The van der Waals surface area contributed by atoms with Crippen LogP contribution in [0.15, 0.2) is 88.8 Å². The van der Waals surface area contributed by atoms with Crippen molar-refractivity contribution in [2.45, 2.75) is 22.1 Å². The van der Waals surface area contributed by atoms with E-state index >= 15 is 0 Å². The lowest BCUT2D eigenvalue weighted by molar-refractivity contribution is -0.137. The van der Waals surface area contributed by atoms with Gasteiger partial charge in [0.1, 0.15) is 13.1 Å². The highest BCUT2D eigenvalue weighted by molar-refractivity contribution is 7.93. The number of fused-ring (bicyclic) bond motifs is 1. The maximum atomic E-state index is 13.7. The van der Waals surface area contributed by atoms with Crippen molar-refractivity contribution in [2.24, 2.45) is 0 Å². The van der Waals surface area contributed by atoms with Crippen molar-refractivity contribution in [1.82, 2.24) is 4.98 Å². The van der Waals surface area contributed by atoms with E-state index < -0.39 is 78.3 Å². The Morgan fingerprint density at radius 1 is 0.773 bits per heavy atom. The SMILES string of the molecule is O=C(O)CN(c1ncc(N(CC(F)(F)F)S(=O)(=O)c2ccc(C(F)(F)F)cc2)c2ccccc12)S(=O)(=O)c1ccc(Cl)cc1. The first-order chi connectivity index (χ1) is 20.3. The Kier molecular flexibility index (Phi) is 8.78. The molecule has 0 aliphatic heterocycles. The number of carboxylic acid groups (broad SMARTS) is 1. The Morgan fingerprint density at radius 2 is 1.27 bits per heavy atom. The standard InChI is InChI=1S/C26H18ClF6N3O6S2/c27-17-7-11-19(12-8-17)43(39,40)35(14-23(37)38)24-21-4-2-1-3-20(21)22(13-34-24)36(15-25(28,29)30)44(41,42)18-9-5-16(6-10-18)26(31,32)33/h1-13H,14-15H2,(H,37,38). The average Bonchev–Trinajstić information content (AvgIpc) is 2.93. The number of nitrogens with zero attached hydrogens (tertiary/aromatic N) is 3. The van der Waals surface area contributed by atoms with Crippen molar-refractivity contribution in [3.8, 4) is 0 Å². The van der Waals surface area contributed by atoms with Crippen LogP contribution in [-0.2, 0) is 31.0 Å². The van der Waals surface area contributed by atoms with E-state index in [0.29, 0.717) is 34.8 Å². The maximum absolute atomic E-state index is 13.7. The summed E-state index contributed by atoms with van der Waals surface area (Å²) in [7, 11) is -9.88. The summed E-state index contributed by atoms with van der Waals surface area (Å²) < 4.78 is 135. The molecule has 0 unspecified atom stereocenters. The number of aromatic nitrogens is 1. The molecule has 0 saturated carbocycles. The molecule has 44 heavy (non-hydrogen) atoms. The zero-order valence-corrected chi connectivity index (χ0v) is 24.1. The van der Waals surface area contributed by atoms with Crippen molar-refractivity contribution in [2.75, 3.05) is 21.7 Å². The summed E-state index contributed by atoms with van der Waals surface area (Å²) >= 11 is 5.82. The summed E-state index contributed by atoms with van der Waals surface area (Å²) in [5, 5.41) is 9.13. The summed E-state index contributed by atoms with van der Waals surface area (Å²) in [6.07, 6.45) is -9.40. The quantitative estimate of drug-likeness (QED) is 0.217. The van der Waals surface area contributed by atoms with Crippen molar-refractivity contribution in [3.63, 3.8) is 0 Å². The van der Waals surface area contributed by atoms with Gasteiger partial charge in [0.15, 0.2) is 5.82 Å². The number of sulfonamides is 2. The van der Waals surface area contributed by atoms with Gasteiger partial charge in [0.05, 0.1) is 27.2 Å². The van der Waals surface area contributed by atoms with Crippen LogP contribution in [0.5, 0.6) is 0 Å². The van der Waals surface area contributed by atoms with Gasteiger partial charge in [-0.05, 0) is 48.5 Å². The zero-order chi connectivity index (χ0) is 32.7. The first-order valence-corrected chi connectivity index (χ1v) is 15.2. The smallest absolute Gasteiger partial charge is 0.416 e. The lowest BCUT2D eigenvalue weighted by Gasteiger charge is -2.28. The van der Waals surface area contributed by atoms with E-state index in [2.05, 4.69) is 4.98 Å². The molecule has 1 aromatic heterocycles. The topological polar surface area (TPSA) is 125 Å². The van der Waals surface area contributed by atoms with Crippen LogP contribution in [-0.4, -0.2) is 52.2 Å². The number of benzene rings is 3. The highest BCUT2D eigenvalue weighted by Crippen LogP contribution is 2.38. The predicted octanol–water partition coefficient (Wildman–Crippen LogP) is 5.94. The van der Waals surface area contributed by atoms with Gasteiger partial charge in [0.2, 0.25) is 0 Å². The van der Waals surface area contributed by atoms with Crippen LogP contribution in [0, 0.1) is 0 Å². The summed E-state index contributed by atoms with van der Waals surface area (Å²) in [5.41, 5.74) is -1.95. The molecule has 0 amide bonds. The number of rotatable bonds is 9. The molecular formula is C26H18ClF6N3O6S2. The van der Waals surface area contributed by atoms with E-state index in [1.54, 1.807) is 0 Å². The van der Waals surface area contributed by atoms with Gasteiger partial charge in [0.25, 0.3) is 20.0 Å². The fraction of sp³-hybridized carbons (Fsp3) is 0.154. The Bertz CT molecular complexity index is 1920. The molecule has 0 fully saturated rings. The largest absolute Gasteiger partial charge is 0.480 e. The predicted molar refractivity (Wildman–Crippen MR) is 147 cm³/mol. The molecule has 1 N–H and O–H groups in total. The molecule has 0 saturated heterocycles. The third kappa shape index (κ3) is 6.84. The summed E-state index contributed by atoms with van der Waals surface area (Å²) in [4.78, 5) is 14.3. The van der Waals surface area contributed by atoms with Gasteiger partial charge in [-0.3, -0.25) is 9.10 Å². The molecule has 1 heterocycles. The summed E-state index contributed by atoms with van der Waals surface area (Å²) in [6.45, 7) is -3.32. The minimum atomic E-state index is -5.20. The van der Waals surface area contributed by atoms with Crippen molar-refractivity contribution >= 4 is 59.9 Å². The molecule has 234 valence electrons. The van der Waals surface area contributed by atoms with Gasteiger partial charge in [-0.2, -0.15) is 26.3 Å². The van der Waals surface area contributed by atoms with Crippen LogP contribution in [0.4, 0.5) is 37.8 Å². The van der Waals surface area contributed by atoms with E-state index in [1.807, 2.05) is 0 Å². The molecule has 4 aromatic rings. The van der Waals surface area contributed by atoms with E-state index in [9.17, 15) is 53.1 Å². The van der Waals surface area contributed by atoms with Crippen LogP contribution >= 0.6 is 11.6 Å². The number of carbonyl (C=O) groups is 1. The van der Waals surface area contributed by atoms with Gasteiger partial charge >= 0.3 is 18.3 Å². The summed E-state index contributed by atoms with van der Waals surface area (Å²) in [5.74, 6) is -2.18. The molecular weight excluding hydrogens is 664 g/mol. The molecule has 4 rings (SSSR count). The van der Waals surface area contributed by atoms with Crippen molar-refractivity contribution in [3.05, 3.63) is 89.6 Å². The minimum Gasteiger partial charge on any atom is -0.480 e. The Morgan fingerprint density at radius 3 is 1.77 bits per heavy atom. The Hall–Kier alpha value is -4.09. The fourth-order valence-corrected chi connectivity index (χ4v) is 7.07. The first-order valence-electron chi connectivity index (χ1n) is 12.0. The Balaban J connectivity index is 1.94. The monoisotopic (exact) mass is 681 g/mol. The lowest BCUT2D eigenvalue weighted by Crippen LogP contribution is -2.40. The number of aliphatic carboxylic acids is 1.